The molecular weight excluding hydrogens is 395 g/mol. The SMILES string of the molecule is CC[C@H]1CSC2=N[C@@H](c3ccccn3)[C@@H](c3cc(C)n(-c4cccc(F)c4)c3C)N21. The van der Waals surface area contributed by atoms with Crippen molar-refractivity contribution in [3.05, 3.63) is 83.2 Å². The van der Waals surface area contributed by atoms with Gasteiger partial charge in [0.15, 0.2) is 5.17 Å². The summed E-state index contributed by atoms with van der Waals surface area (Å²) in [5.41, 5.74) is 5.32. The lowest BCUT2D eigenvalue weighted by Gasteiger charge is -2.32. The molecule has 2 aliphatic rings. The smallest absolute Gasteiger partial charge is 0.160 e. The highest BCUT2D eigenvalue weighted by atomic mass is 32.2. The Morgan fingerprint density at radius 1 is 1.13 bits per heavy atom. The molecule has 1 fully saturated rings. The van der Waals surface area contributed by atoms with Crippen molar-refractivity contribution < 1.29 is 4.39 Å². The Balaban J connectivity index is 1.64. The molecule has 3 atom stereocenters. The highest BCUT2D eigenvalue weighted by molar-refractivity contribution is 8.14. The lowest BCUT2D eigenvalue weighted by atomic mass is 9.95. The molecule has 1 aromatic carbocycles. The first-order valence-electron chi connectivity index (χ1n) is 10.4. The van der Waals surface area contributed by atoms with Crippen molar-refractivity contribution in [1.82, 2.24) is 14.5 Å². The van der Waals surface area contributed by atoms with Crippen LogP contribution >= 0.6 is 11.8 Å². The van der Waals surface area contributed by atoms with Gasteiger partial charge in [-0.15, -0.1) is 0 Å². The normalized spacial score (nSPS) is 23.0. The van der Waals surface area contributed by atoms with Gasteiger partial charge in [0.25, 0.3) is 0 Å². The molecule has 0 spiro atoms. The number of amidine groups is 1. The molecule has 0 unspecified atom stereocenters. The van der Waals surface area contributed by atoms with Gasteiger partial charge in [-0.3, -0.25) is 9.98 Å². The molecule has 4 heterocycles. The molecule has 6 heteroatoms. The van der Waals surface area contributed by atoms with Crippen molar-refractivity contribution >= 4 is 16.9 Å². The summed E-state index contributed by atoms with van der Waals surface area (Å²) in [5.74, 6) is 0.852. The number of aliphatic imine (C=N–C) groups is 1. The molecule has 4 nitrogen and oxygen atoms in total. The minimum Gasteiger partial charge on any atom is -0.338 e. The number of fused-ring (bicyclic) bond motifs is 1. The van der Waals surface area contributed by atoms with Crippen molar-refractivity contribution in [3.63, 3.8) is 0 Å². The minimum absolute atomic E-state index is 0.0375. The highest BCUT2D eigenvalue weighted by Crippen LogP contribution is 2.49. The lowest BCUT2D eigenvalue weighted by molar-refractivity contribution is 0.254. The molecule has 3 aromatic rings. The van der Waals surface area contributed by atoms with Crippen LogP contribution in [0.15, 0.2) is 59.7 Å². The fourth-order valence-corrected chi connectivity index (χ4v) is 6.12. The Labute approximate surface area is 180 Å². The van der Waals surface area contributed by atoms with Gasteiger partial charge < -0.3 is 9.47 Å². The van der Waals surface area contributed by atoms with Crippen molar-refractivity contribution in [3.8, 4) is 5.69 Å². The summed E-state index contributed by atoms with van der Waals surface area (Å²) in [4.78, 5) is 12.3. The maximum atomic E-state index is 13.9. The standard InChI is InChI=1S/C24H25FN4S/c1-4-18-14-30-24-27-22(21-10-5-6-11-26-21)23(29(18)24)20-12-15(2)28(16(20)3)19-9-7-8-17(25)13-19/h5-13,18,22-23H,4,14H2,1-3H3/t18-,22-,23+/m0/s1. The summed E-state index contributed by atoms with van der Waals surface area (Å²) in [5, 5.41) is 1.12. The van der Waals surface area contributed by atoms with E-state index in [-0.39, 0.29) is 17.9 Å². The zero-order chi connectivity index (χ0) is 20.8. The van der Waals surface area contributed by atoms with E-state index in [1.807, 2.05) is 36.2 Å². The van der Waals surface area contributed by atoms with E-state index in [4.69, 9.17) is 4.99 Å². The van der Waals surface area contributed by atoms with Gasteiger partial charge in [-0.05, 0) is 62.2 Å². The van der Waals surface area contributed by atoms with Crippen LogP contribution in [-0.2, 0) is 0 Å². The molecule has 0 bridgehead atoms. The van der Waals surface area contributed by atoms with E-state index >= 15 is 0 Å². The van der Waals surface area contributed by atoms with Crippen LogP contribution in [0.3, 0.4) is 0 Å². The van der Waals surface area contributed by atoms with Crippen LogP contribution in [0.25, 0.3) is 5.69 Å². The predicted octanol–water partition coefficient (Wildman–Crippen LogP) is 5.61. The molecule has 0 saturated carbocycles. The zero-order valence-electron chi connectivity index (χ0n) is 17.4. The van der Waals surface area contributed by atoms with Gasteiger partial charge in [-0.25, -0.2) is 4.39 Å². The van der Waals surface area contributed by atoms with Crippen LogP contribution in [0.5, 0.6) is 0 Å². The van der Waals surface area contributed by atoms with Crippen molar-refractivity contribution in [1.29, 1.82) is 0 Å². The molecule has 0 aliphatic carbocycles. The number of hydrogen-bond donors (Lipinski definition) is 0. The Morgan fingerprint density at radius 3 is 2.73 bits per heavy atom. The number of aryl methyl sites for hydroxylation is 1. The Kier molecular flexibility index (Phi) is 4.89. The number of pyridine rings is 1. The summed E-state index contributed by atoms with van der Waals surface area (Å²) < 4.78 is 16.1. The fraction of sp³-hybridized carbons (Fsp3) is 0.333. The molecule has 1 saturated heterocycles. The van der Waals surface area contributed by atoms with Crippen LogP contribution in [0.2, 0.25) is 0 Å². The van der Waals surface area contributed by atoms with Gasteiger partial charge in [0.05, 0.1) is 11.7 Å². The van der Waals surface area contributed by atoms with Gasteiger partial charge in [-0.2, -0.15) is 0 Å². The number of rotatable bonds is 4. The van der Waals surface area contributed by atoms with Gasteiger partial charge >= 0.3 is 0 Å². The first kappa shape index (κ1) is 19.4. The first-order chi connectivity index (χ1) is 14.6. The largest absolute Gasteiger partial charge is 0.338 e. The van der Waals surface area contributed by atoms with E-state index < -0.39 is 0 Å². The average molecular weight is 421 g/mol. The fourth-order valence-electron chi connectivity index (χ4n) is 4.79. The van der Waals surface area contributed by atoms with Crippen LogP contribution in [0.4, 0.5) is 4.39 Å². The highest BCUT2D eigenvalue weighted by Gasteiger charge is 2.46. The van der Waals surface area contributed by atoms with Gasteiger partial charge in [0.1, 0.15) is 11.9 Å². The third kappa shape index (κ3) is 3.05. The number of nitrogens with zero attached hydrogens (tertiary/aromatic N) is 4. The van der Waals surface area contributed by atoms with E-state index in [0.717, 1.165) is 40.1 Å². The molecule has 0 N–H and O–H groups in total. The van der Waals surface area contributed by atoms with Crippen LogP contribution in [0.1, 0.15) is 48.1 Å². The molecule has 2 aromatic heterocycles. The van der Waals surface area contributed by atoms with E-state index in [0.29, 0.717) is 6.04 Å². The molecule has 30 heavy (non-hydrogen) atoms. The van der Waals surface area contributed by atoms with Gasteiger partial charge in [-0.1, -0.05) is 30.8 Å². The van der Waals surface area contributed by atoms with Gasteiger partial charge in [0, 0.05) is 35.1 Å². The Bertz CT molecular complexity index is 1110. The number of thioether (sulfide) groups is 1. The van der Waals surface area contributed by atoms with Crippen molar-refractivity contribution in [2.75, 3.05) is 5.75 Å². The molecule has 154 valence electrons. The number of benzene rings is 1. The average Bonchev–Trinajstić information content (AvgIpc) is 3.40. The molecule has 0 amide bonds. The zero-order valence-corrected chi connectivity index (χ0v) is 18.2. The quantitative estimate of drug-likeness (QED) is 0.550. The second kappa shape index (κ2) is 7.58. The van der Waals surface area contributed by atoms with E-state index in [2.05, 4.69) is 47.4 Å². The summed E-state index contributed by atoms with van der Waals surface area (Å²) in [6.45, 7) is 6.46. The van der Waals surface area contributed by atoms with Crippen molar-refractivity contribution in [2.45, 2.75) is 45.3 Å². The summed E-state index contributed by atoms with van der Waals surface area (Å²) >= 11 is 1.85. The summed E-state index contributed by atoms with van der Waals surface area (Å²) in [6, 6.07) is 15.6. The van der Waals surface area contributed by atoms with Crippen LogP contribution in [0, 0.1) is 19.7 Å². The van der Waals surface area contributed by atoms with E-state index in [1.54, 1.807) is 12.1 Å². The number of aromatic nitrogens is 2. The topological polar surface area (TPSA) is 33.4 Å². The lowest BCUT2D eigenvalue weighted by Crippen LogP contribution is -2.35. The molecule has 5 rings (SSSR count). The second-order valence-electron chi connectivity index (χ2n) is 7.98. The van der Waals surface area contributed by atoms with Crippen molar-refractivity contribution in [2.24, 2.45) is 4.99 Å². The minimum atomic E-state index is -0.221. The molecule has 0 radical (unpaired) electrons. The summed E-state index contributed by atoms with van der Waals surface area (Å²) in [6.07, 6.45) is 2.93. The maximum absolute atomic E-state index is 13.9. The third-order valence-electron chi connectivity index (χ3n) is 6.18. The maximum Gasteiger partial charge on any atom is 0.160 e. The van der Waals surface area contributed by atoms with Gasteiger partial charge in [0.2, 0.25) is 0 Å². The predicted molar refractivity (Wildman–Crippen MR) is 121 cm³/mol. The third-order valence-corrected chi connectivity index (χ3v) is 7.31. The van der Waals surface area contributed by atoms with E-state index in [9.17, 15) is 4.39 Å². The Hall–Kier alpha value is -2.60. The van der Waals surface area contributed by atoms with Crippen LogP contribution < -0.4 is 0 Å². The van der Waals surface area contributed by atoms with Crippen LogP contribution in [-0.4, -0.2) is 31.4 Å². The monoisotopic (exact) mass is 420 g/mol. The Morgan fingerprint density at radius 2 is 2.00 bits per heavy atom. The van der Waals surface area contributed by atoms with E-state index in [1.165, 1.54) is 11.6 Å². The number of halogens is 1. The summed E-state index contributed by atoms with van der Waals surface area (Å²) in [7, 11) is 0. The number of hydrogen-bond acceptors (Lipinski definition) is 4. The second-order valence-corrected chi connectivity index (χ2v) is 8.97. The molecule has 2 aliphatic heterocycles. The molecular formula is C24H25FN4S. The first-order valence-corrected chi connectivity index (χ1v) is 11.4.